The molecule has 1 amide bonds. The quantitative estimate of drug-likeness (QED) is 0.0195. The molecular weight excluding hydrogens is 967 g/mol. The average Bonchev–Trinajstić information content (AvgIpc) is 3.43. The fourth-order valence-electron chi connectivity index (χ4n) is 9.77. The van der Waals surface area contributed by atoms with Crippen molar-refractivity contribution in [1.82, 2.24) is 5.32 Å². The topological polar surface area (TPSA) is 175 Å². The van der Waals surface area contributed by atoms with Gasteiger partial charge in [0.15, 0.2) is 12.4 Å². The molecule has 77 heavy (non-hydrogen) atoms. The van der Waals surface area contributed by atoms with Crippen LogP contribution in [-0.2, 0) is 23.8 Å². The number of rotatable bonds is 54. The van der Waals surface area contributed by atoms with Crippen LogP contribution < -0.4 is 5.32 Å². The molecule has 1 heterocycles. The molecule has 1 saturated heterocycles. The third kappa shape index (κ3) is 42.0. The summed E-state index contributed by atoms with van der Waals surface area (Å²) in [6, 6.07) is -1.03. The van der Waals surface area contributed by atoms with Crippen molar-refractivity contribution in [2.45, 2.75) is 333 Å². The highest BCUT2D eigenvalue weighted by atomic mass is 16.7. The van der Waals surface area contributed by atoms with E-state index in [0.29, 0.717) is 12.8 Å². The van der Waals surface area contributed by atoms with E-state index in [1.165, 1.54) is 148 Å². The number of allylic oxidation sites excluding steroid dienone is 9. The van der Waals surface area contributed by atoms with Crippen molar-refractivity contribution in [3.05, 3.63) is 60.8 Å². The van der Waals surface area contributed by atoms with Crippen LogP contribution in [0.5, 0.6) is 0 Å². The van der Waals surface area contributed by atoms with E-state index in [-0.39, 0.29) is 19.4 Å². The van der Waals surface area contributed by atoms with Crippen molar-refractivity contribution in [3.8, 4) is 0 Å². The van der Waals surface area contributed by atoms with Crippen molar-refractivity contribution in [1.29, 1.82) is 0 Å². The molecule has 0 aromatic heterocycles. The van der Waals surface area contributed by atoms with Crippen LogP contribution in [0.1, 0.15) is 284 Å². The van der Waals surface area contributed by atoms with Gasteiger partial charge in [-0.25, -0.2) is 0 Å². The Hall–Kier alpha value is -2.64. The normalized spacial score (nSPS) is 19.4. The maximum Gasteiger partial charge on any atom is 0.306 e. The molecule has 8 atom stereocenters. The molecular formula is C66H119NO10. The minimum atomic E-state index is -1.62. The number of unbranched alkanes of at least 4 members (excludes halogenated alkanes) is 32. The molecule has 0 aromatic rings. The van der Waals surface area contributed by atoms with E-state index in [4.69, 9.17) is 14.2 Å². The Labute approximate surface area is 471 Å². The Kier molecular flexibility index (Phi) is 50.7. The predicted molar refractivity (Wildman–Crippen MR) is 320 cm³/mol. The second-order valence-corrected chi connectivity index (χ2v) is 22.1. The number of aliphatic hydroxyl groups excluding tert-OH is 5. The Morgan fingerprint density at radius 1 is 0.506 bits per heavy atom. The molecule has 0 saturated carbocycles. The fraction of sp³-hybridized carbons (Fsp3) is 0.818. The van der Waals surface area contributed by atoms with Crippen LogP contribution in [0.25, 0.3) is 0 Å². The smallest absolute Gasteiger partial charge is 0.306 e. The van der Waals surface area contributed by atoms with E-state index >= 15 is 0 Å². The van der Waals surface area contributed by atoms with Crippen LogP contribution in [0, 0.1) is 0 Å². The first-order valence-corrected chi connectivity index (χ1v) is 32.1. The zero-order valence-corrected chi connectivity index (χ0v) is 49.6. The number of hydrogen-bond acceptors (Lipinski definition) is 10. The lowest BCUT2D eigenvalue weighted by molar-refractivity contribution is -0.305. The van der Waals surface area contributed by atoms with E-state index in [0.717, 1.165) is 89.9 Å². The molecule has 1 aliphatic rings. The minimum Gasteiger partial charge on any atom is -0.454 e. The molecule has 8 unspecified atom stereocenters. The van der Waals surface area contributed by atoms with Crippen molar-refractivity contribution >= 4 is 11.9 Å². The third-order valence-corrected chi connectivity index (χ3v) is 14.9. The molecule has 1 aliphatic heterocycles. The van der Waals surface area contributed by atoms with Crippen LogP contribution in [0.2, 0.25) is 0 Å². The van der Waals surface area contributed by atoms with Gasteiger partial charge in [-0.2, -0.15) is 0 Å². The molecule has 0 spiro atoms. The molecule has 1 fully saturated rings. The van der Waals surface area contributed by atoms with Gasteiger partial charge in [0.1, 0.15) is 24.4 Å². The van der Waals surface area contributed by atoms with Crippen LogP contribution in [0.3, 0.4) is 0 Å². The summed E-state index contributed by atoms with van der Waals surface area (Å²) in [5.74, 6) is -1.20. The largest absolute Gasteiger partial charge is 0.454 e. The summed E-state index contributed by atoms with van der Waals surface area (Å²) < 4.78 is 17.6. The molecule has 0 bridgehead atoms. The summed E-state index contributed by atoms with van der Waals surface area (Å²) in [6.07, 6.45) is 56.9. The molecule has 1 rings (SSSR count). The number of nitrogens with one attached hydrogen (secondary N) is 1. The Bertz CT molecular complexity index is 1480. The van der Waals surface area contributed by atoms with Crippen LogP contribution in [-0.4, -0.2) is 99.6 Å². The number of carbonyl (C=O) groups is 2. The molecule has 0 aliphatic carbocycles. The zero-order valence-electron chi connectivity index (χ0n) is 49.6. The molecule has 6 N–H and O–H groups in total. The Morgan fingerprint density at radius 2 is 0.896 bits per heavy atom. The molecule has 11 nitrogen and oxygen atoms in total. The van der Waals surface area contributed by atoms with Crippen molar-refractivity contribution in [2.75, 3.05) is 13.2 Å². The number of amides is 1. The Balaban J connectivity index is 2.61. The molecule has 11 heteroatoms. The van der Waals surface area contributed by atoms with E-state index in [1.54, 1.807) is 6.08 Å². The highest BCUT2D eigenvalue weighted by Gasteiger charge is 2.47. The minimum absolute atomic E-state index is 0.118. The lowest BCUT2D eigenvalue weighted by Crippen LogP contribution is -2.61. The standard InChI is InChI=1S/C66H119NO10/c1-4-7-10-13-16-19-22-24-26-27-28-29-30-31-32-33-34-36-39-42-45-48-51-54-61(71)77-64-63(73)62(72)60(55-68)76-66(64)75-56-57(58(69)52-49-46-43-40-37-21-18-15-12-9-6-3)67-65(74)59(70)53-50-47-44-41-38-35-25-23-20-17-14-11-8-5-2/h16,19-20,23-24,26,28-29,49,52,57-60,62-64,66,68-70,72-73H,4-15,17-18,21-22,25,27,30-48,50-51,53-56H2,1-3H3,(H,67,74)/b19-16-,23-20-,26-24-,29-28-,52-49+. The summed E-state index contributed by atoms with van der Waals surface area (Å²) in [6.45, 7) is 5.75. The van der Waals surface area contributed by atoms with Gasteiger partial charge in [0.05, 0.1) is 25.4 Å². The monoisotopic (exact) mass is 1090 g/mol. The molecule has 448 valence electrons. The number of hydrogen-bond donors (Lipinski definition) is 6. The van der Waals surface area contributed by atoms with Crippen molar-refractivity contribution in [3.63, 3.8) is 0 Å². The number of esters is 1. The first-order chi connectivity index (χ1) is 37.7. The van der Waals surface area contributed by atoms with Gasteiger partial charge in [-0.3, -0.25) is 9.59 Å². The number of carbonyl (C=O) groups excluding carboxylic acids is 2. The number of ether oxygens (including phenoxy) is 3. The van der Waals surface area contributed by atoms with E-state index < -0.39 is 67.4 Å². The van der Waals surface area contributed by atoms with Gasteiger partial charge in [0, 0.05) is 6.42 Å². The third-order valence-electron chi connectivity index (χ3n) is 14.9. The van der Waals surface area contributed by atoms with Crippen molar-refractivity contribution in [2.24, 2.45) is 0 Å². The lowest BCUT2D eigenvalue weighted by Gasteiger charge is -2.41. The van der Waals surface area contributed by atoms with Crippen LogP contribution in [0.4, 0.5) is 0 Å². The Morgan fingerprint density at radius 3 is 1.39 bits per heavy atom. The molecule has 0 radical (unpaired) electrons. The van der Waals surface area contributed by atoms with Gasteiger partial charge < -0.3 is 45.1 Å². The fourth-order valence-corrected chi connectivity index (χ4v) is 9.77. The van der Waals surface area contributed by atoms with Gasteiger partial charge in [-0.1, -0.05) is 248 Å². The second-order valence-electron chi connectivity index (χ2n) is 22.1. The molecule has 0 aromatic carbocycles. The second kappa shape index (κ2) is 54.0. The van der Waals surface area contributed by atoms with E-state index in [9.17, 15) is 35.1 Å². The highest BCUT2D eigenvalue weighted by molar-refractivity contribution is 5.80. The average molecular weight is 1090 g/mol. The van der Waals surface area contributed by atoms with Gasteiger partial charge in [-0.05, 0) is 89.9 Å². The van der Waals surface area contributed by atoms with Gasteiger partial charge in [0.2, 0.25) is 5.91 Å². The zero-order chi connectivity index (χ0) is 56.1. The summed E-state index contributed by atoms with van der Waals surface area (Å²) >= 11 is 0. The maximum absolute atomic E-state index is 13.4. The first-order valence-electron chi connectivity index (χ1n) is 32.1. The predicted octanol–water partition coefficient (Wildman–Crippen LogP) is 15.4. The van der Waals surface area contributed by atoms with E-state index in [2.05, 4.69) is 74.7 Å². The first kappa shape index (κ1) is 72.4. The van der Waals surface area contributed by atoms with Gasteiger partial charge >= 0.3 is 5.97 Å². The SMILES string of the molecule is CCCCC/C=C\C/C=C\C/C=C\CCCCCCCCCCCCC(=O)OC1C(OCC(NC(=O)C(O)CCCCCCCC/C=C\CCCCCC)C(O)/C=C/CCCCCCCCCCC)OC(CO)C(O)C1O. The summed E-state index contributed by atoms with van der Waals surface area (Å²) in [4.78, 5) is 26.5. The van der Waals surface area contributed by atoms with Crippen molar-refractivity contribution < 1.29 is 49.3 Å². The van der Waals surface area contributed by atoms with Gasteiger partial charge in [-0.15, -0.1) is 0 Å². The summed E-state index contributed by atoms with van der Waals surface area (Å²) in [5.41, 5.74) is 0. The maximum atomic E-state index is 13.4. The van der Waals surface area contributed by atoms with Gasteiger partial charge in [0.25, 0.3) is 0 Å². The van der Waals surface area contributed by atoms with E-state index in [1.807, 2.05) is 6.08 Å². The lowest BCUT2D eigenvalue weighted by atomic mass is 9.99. The highest BCUT2D eigenvalue weighted by Crippen LogP contribution is 2.26. The summed E-state index contributed by atoms with van der Waals surface area (Å²) in [7, 11) is 0. The number of aliphatic hydroxyl groups is 5. The van der Waals surface area contributed by atoms with Crippen LogP contribution in [0.15, 0.2) is 60.8 Å². The van der Waals surface area contributed by atoms with Crippen LogP contribution >= 0.6 is 0 Å². The summed E-state index contributed by atoms with van der Waals surface area (Å²) in [5, 5.41) is 57.0.